The Balaban J connectivity index is 0.00000704. The van der Waals surface area contributed by atoms with E-state index in [1.54, 1.807) is 43.0 Å². The van der Waals surface area contributed by atoms with Gasteiger partial charge in [-0.15, -0.1) is 12.4 Å². The molecule has 6 amide bonds. The summed E-state index contributed by atoms with van der Waals surface area (Å²) in [7, 11) is 0. The predicted octanol–water partition coefficient (Wildman–Crippen LogP) is 5.78. The molecule has 2 aromatic rings. The number of amides is 6. The standard InChI is InChI=1S/C39H44F6N8O6S.ClH/c1-37(2)35(57)53(60-28-11-6-23(20-46)29(19-28)38(40,41)42)36(58)52(37)26-7-9-27(10-8-26)59-17-16-50-14-15-51(31(21-50)39(43,44)45)22-33(55)48-25-5-3-4-24(18-25)47-30-12-13-32(54)49-34(30)56;/h3-6,11,18-19,26-27,30-31,47H,7-10,12-17,21-22H2,1-2H3,(H,48,55)(H,49,54,56);1H/t26?,27?,30?,31-;/m1./s1. The minimum atomic E-state index is -4.81. The molecule has 4 aliphatic rings. The number of piperazine rings is 1. The number of carbonyl (C=O) groups is 5. The Labute approximate surface area is 358 Å². The van der Waals surface area contributed by atoms with Crippen molar-refractivity contribution in [1.29, 1.82) is 5.26 Å². The van der Waals surface area contributed by atoms with Crippen molar-refractivity contribution in [2.24, 2.45) is 0 Å². The molecule has 61 heavy (non-hydrogen) atoms. The van der Waals surface area contributed by atoms with E-state index in [0.29, 0.717) is 49.0 Å². The maximum atomic E-state index is 14.3. The van der Waals surface area contributed by atoms with Gasteiger partial charge in [0.05, 0.1) is 36.5 Å². The van der Waals surface area contributed by atoms with E-state index >= 15 is 0 Å². The Morgan fingerprint density at radius 1 is 0.984 bits per heavy atom. The van der Waals surface area contributed by atoms with Crippen LogP contribution in [0.4, 0.5) is 42.5 Å². The van der Waals surface area contributed by atoms with Crippen LogP contribution in [0.2, 0.25) is 0 Å². The Morgan fingerprint density at radius 3 is 2.34 bits per heavy atom. The number of nitrogens with one attached hydrogen (secondary N) is 3. The Hall–Kier alpha value is -4.62. The number of nitriles is 1. The molecule has 2 aromatic carbocycles. The number of halogens is 7. The van der Waals surface area contributed by atoms with Crippen LogP contribution in [0, 0.1) is 11.3 Å². The van der Waals surface area contributed by atoms with Crippen LogP contribution in [-0.4, -0.2) is 124 Å². The third-order valence-electron chi connectivity index (χ3n) is 11.1. The Morgan fingerprint density at radius 2 is 1.69 bits per heavy atom. The first-order valence-electron chi connectivity index (χ1n) is 19.4. The molecule has 22 heteroatoms. The number of ether oxygens (including phenoxy) is 1. The molecule has 3 saturated heterocycles. The first kappa shape index (κ1) is 47.4. The van der Waals surface area contributed by atoms with Gasteiger partial charge in [-0.1, -0.05) is 6.07 Å². The van der Waals surface area contributed by atoms with Gasteiger partial charge >= 0.3 is 18.4 Å². The number of benzene rings is 2. The number of piperidine rings is 1. The van der Waals surface area contributed by atoms with Crippen LogP contribution in [0.5, 0.6) is 0 Å². The van der Waals surface area contributed by atoms with Crippen molar-refractivity contribution in [3.63, 3.8) is 0 Å². The lowest BCUT2D eigenvalue weighted by atomic mass is 9.89. The molecular formula is C39H45ClF6N8O6S. The summed E-state index contributed by atoms with van der Waals surface area (Å²) in [5.74, 6) is -2.08. The zero-order chi connectivity index (χ0) is 43.6. The van der Waals surface area contributed by atoms with Gasteiger partial charge < -0.3 is 20.3 Å². The zero-order valence-corrected chi connectivity index (χ0v) is 34.7. The van der Waals surface area contributed by atoms with Crippen LogP contribution < -0.4 is 16.0 Å². The molecule has 4 fully saturated rings. The molecule has 14 nitrogen and oxygen atoms in total. The van der Waals surface area contributed by atoms with Gasteiger partial charge in [0.1, 0.15) is 17.6 Å². The summed E-state index contributed by atoms with van der Waals surface area (Å²) in [4.78, 5) is 67.6. The van der Waals surface area contributed by atoms with Crippen LogP contribution in [0.3, 0.4) is 0 Å². The molecule has 3 N–H and O–H groups in total. The monoisotopic (exact) mass is 902 g/mol. The van der Waals surface area contributed by atoms with Crippen LogP contribution in [0.25, 0.3) is 0 Å². The molecule has 1 unspecified atom stereocenters. The molecule has 0 aromatic heterocycles. The molecule has 1 saturated carbocycles. The van der Waals surface area contributed by atoms with Gasteiger partial charge in [0.15, 0.2) is 0 Å². The number of hydrogen-bond donors (Lipinski definition) is 3. The van der Waals surface area contributed by atoms with Crippen molar-refractivity contribution in [3.8, 4) is 6.07 Å². The highest BCUT2D eigenvalue weighted by Crippen LogP contribution is 2.42. The predicted molar refractivity (Wildman–Crippen MR) is 212 cm³/mol. The second-order valence-electron chi connectivity index (χ2n) is 15.6. The number of carbonyl (C=O) groups excluding carboxylic acids is 5. The number of hydrogen-bond acceptors (Lipinski definition) is 11. The van der Waals surface area contributed by atoms with Crippen molar-refractivity contribution in [1.82, 2.24) is 24.3 Å². The lowest BCUT2D eigenvalue weighted by Gasteiger charge is -2.42. The number of urea groups is 1. The molecule has 3 aliphatic heterocycles. The van der Waals surface area contributed by atoms with Gasteiger partial charge in [0.2, 0.25) is 17.7 Å². The number of nitrogens with zero attached hydrogens (tertiary/aromatic N) is 5. The summed E-state index contributed by atoms with van der Waals surface area (Å²) in [5, 5.41) is 17.0. The van der Waals surface area contributed by atoms with Crippen LogP contribution >= 0.6 is 24.4 Å². The average Bonchev–Trinajstić information content (AvgIpc) is 3.34. The van der Waals surface area contributed by atoms with E-state index < -0.39 is 71.4 Å². The quantitative estimate of drug-likeness (QED) is 0.102. The number of anilines is 2. The maximum absolute atomic E-state index is 14.3. The second-order valence-corrected chi connectivity index (χ2v) is 16.6. The molecule has 2 atom stereocenters. The molecule has 332 valence electrons. The smallest absolute Gasteiger partial charge is 0.377 e. The highest BCUT2D eigenvalue weighted by Gasteiger charge is 2.55. The summed E-state index contributed by atoms with van der Waals surface area (Å²) in [5.41, 5.74) is -2.24. The summed E-state index contributed by atoms with van der Waals surface area (Å²) in [6.07, 6.45) is -7.30. The second kappa shape index (κ2) is 19.2. The number of alkyl halides is 6. The largest absolute Gasteiger partial charge is 0.417 e. The maximum Gasteiger partial charge on any atom is 0.417 e. The first-order valence-corrected chi connectivity index (χ1v) is 20.1. The van der Waals surface area contributed by atoms with Crippen LogP contribution in [0.1, 0.15) is 63.5 Å². The number of imide groups is 2. The van der Waals surface area contributed by atoms with Crippen LogP contribution in [-0.2, 0) is 30.1 Å². The molecular weight excluding hydrogens is 858 g/mol. The minimum Gasteiger partial charge on any atom is -0.377 e. The van der Waals surface area contributed by atoms with Gasteiger partial charge in [-0.2, -0.15) is 35.9 Å². The van der Waals surface area contributed by atoms with Gasteiger partial charge in [-0.05, 0) is 94.3 Å². The molecule has 0 bridgehead atoms. The first-order chi connectivity index (χ1) is 28.2. The topological polar surface area (TPSA) is 167 Å². The van der Waals surface area contributed by atoms with Gasteiger partial charge in [-0.25, -0.2) is 4.79 Å². The van der Waals surface area contributed by atoms with E-state index in [1.807, 2.05) is 0 Å². The van der Waals surface area contributed by atoms with E-state index in [1.165, 1.54) is 17.0 Å². The van der Waals surface area contributed by atoms with Gasteiger partial charge in [0.25, 0.3) is 5.91 Å². The fourth-order valence-electron chi connectivity index (χ4n) is 7.99. The van der Waals surface area contributed by atoms with E-state index in [0.717, 1.165) is 21.3 Å². The van der Waals surface area contributed by atoms with Gasteiger partial charge in [-0.3, -0.25) is 34.3 Å². The third-order valence-corrected chi connectivity index (χ3v) is 12.1. The Bertz CT molecular complexity index is 2030. The summed E-state index contributed by atoms with van der Waals surface area (Å²) >= 11 is 0.563. The van der Waals surface area contributed by atoms with Crippen molar-refractivity contribution >= 4 is 65.4 Å². The van der Waals surface area contributed by atoms with Crippen molar-refractivity contribution in [3.05, 3.63) is 53.6 Å². The normalized spacial score (nSPS) is 23.9. The van der Waals surface area contributed by atoms with E-state index in [9.17, 15) is 50.3 Å². The molecule has 0 spiro atoms. The van der Waals surface area contributed by atoms with Crippen molar-refractivity contribution < 1.29 is 55.1 Å². The Kier molecular flexibility index (Phi) is 14.9. The van der Waals surface area contributed by atoms with E-state index in [4.69, 9.17) is 10.00 Å². The van der Waals surface area contributed by atoms with Crippen molar-refractivity contribution in [2.75, 3.05) is 50.0 Å². The fourth-order valence-corrected chi connectivity index (χ4v) is 8.97. The summed E-state index contributed by atoms with van der Waals surface area (Å²) in [6, 6.07) is 7.28. The average molecular weight is 903 g/mol. The summed E-state index contributed by atoms with van der Waals surface area (Å²) < 4.78 is 90.4. The minimum absolute atomic E-state index is 0. The van der Waals surface area contributed by atoms with E-state index in [2.05, 4.69) is 16.0 Å². The highest BCUT2D eigenvalue weighted by atomic mass is 35.5. The third kappa shape index (κ3) is 11.3. The fraction of sp³-hybridized carbons (Fsp3) is 0.538. The molecule has 3 heterocycles. The van der Waals surface area contributed by atoms with Crippen LogP contribution in [0.15, 0.2) is 47.4 Å². The lowest BCUT2D eigenvalue weighted by Crippen LogP contribution is -2.60. The summed E-state index contributed by atoms with van der Waals surface area (Å²) in [6.45, 7) is 2.86. The lowest BCUT2D eigenvalue weighted by molar-refractivity contribution is -0.197. The highest BCUT2D eigenvalue weighted by molar-refractivity contribution is 7.98. The number of rotatable bonds is 12. The van der Waals surface area contributed by atoms with Gasteiger partial charge in [0, 0.05) is 54.9 Å². The molecule has 1 aliphatic carbocycles. The SMILES string of the molecule is CC1(C)C(=O)N(Sc2ccc(C#N)c(C(F)(F)F)c2)C(=O)N1C1CCC(OCCN2CCN(CC(=O)Nc3cccc(NC4CCC(=O)NC4=O)c3)[C@@H](C(F)(F)F)C2)CC1.Cl. The molecule has 6 rings (SSSR count). The van der Waals surface area contributed by atoms with E-state index in [-0.39, 0.29) is 81.0 Å². The molecule has 0 radical (unpaired) electrons. The van der Waals surface area contributed by atoms with Crippen molar-refractivity contribution in [2.45, 2.75) is 99.4 Å². The zero-order valence-electron chi connectivity index (χ0n) is 33.1.